The summed E-state index contributed by atoms with van der Waals surface area (Å²) in [5, 5.41) is 0.671. The van der Waals surface area contributed by atoms with E-state index in [4.69, 9.17) is 34.8 Å². The molecular formula is C15H14Cl3NO2. The Bertz CT molecular complexity index is 625. The molecule has 112 valence electrons. The van der Waals surface area contributed by atoms with Gasteiger partial charge in [-0.3, -0.25) is 14.5 Å². The number of rotatable bonds is 5. The van der Waals surface area contributed by atoms with Crippen molar-refractivity contribution in [2.75, 3.05) is 6.54 Å². The van der Waals surface area contributed by atoms with Crippen LogP contribution in [0.25, 0.3) is 5.57 Å². The summed E-state index contributed by atoms with van der Waals surface area (Å²) in [7, 11) is 0. The van der Waals surface area contributed by atoms with Crippen molar-refractivity contribution in [1.29, 1.82) is 0 Å². The minimum Gasteiger partial charge on any atom is -0.274 e. The van der Waals surface area contributed by atoms with E-state index in [0.29, 0.717) is 22.2 Å². The Labute approximate surface area is 138 Å². The highest BCUT2D eigenvalue weighted by Crippen LogP contribution is 2.36. The number of imide groups is 1. The lowest BCUT2D eigenvalue weighted by Crippen LogP contribution is -2.32. The first kappa shape index (κ1) is 16.3. The van der Waals surface area contributed by atoms with Crippen molar-refractivity contribution >= 4 is 52.2 Å². The maximum absolute atomic E-state index is 12.4. The number of halogens is 3. The number of hydrogen-bond donors (Lipinski definition) is 0. The summed E-state index contributed by atoms with van der Waals surface area (Å²) in [6.45, 7) is 2.42. The first-order chi connectivity index (χ1) is 9.97. The van der Waals surface area contributed by atoms with E-state index in [0.717, 1.165) is 19.3 Å². The molecule has 0 unspecified atom stereocenters. The van der Waals surface area contributed by atoms with Gasteiger partial charge in [0.05, 0.1) is 10.6 Å². The Kier molecular flexibility index (Phi) is 5.31. The van der Waals surface area contributed by atoms with E-state index in [1.54, 1.807) is 12.1 Å². The fraction of sp³-hybridized carbons (Fsp3) is 0.333. The van der Waals surface area contributed by atoms with Crippen molar-refractivity contribution in [3.05, 3.63) is 38.8 Å². The molecule has 1 aliphatic rings. The van der Waals surface area contributed by atoms with Crippen molar-refractivity contribution in [3.63, 3.8) is 0 Å². The first-order valence-electron chi connectivity index (χ1n) is 6.68. The van der Waals surface area contributed by atoms with Gasteiger partial charge in [0.2, 0.25) is 0 Å². The topological polar surface area (TPSA) is 37.4 Å². The highest BCUT2D eigenvalue weighted by Gasteiger charge is 2.38. The SMILES string of the molecule is CCCCCN1C(=O)C(Cl)=C(c2ccc(Cl)cc2Cl)C1=O. The molecule has 1 heterocycles. The van der Waals surface area contributed by atoms with Crippen LogP contribution < -0.4 is 0 Å². The molecule has 1 aromatic carbocycles. The normalized spacial score (nSPS) is 15.3. The minimum absolute atomic E-state index is 0.0827. The Morgan fingerprint density at radius 3 is 2.38 bits per heavy atom. The molecule has 0 spiro atoms. The van der Waals surface area contributed by atoms with Crippen LogP contribution in [-0.4, -0.2) is 23.3 Å². The van der Waals surface area contributed by atoms with E-state index in [2.05, 4.69) is 6.92 Å². The summed E-state index contributed by atoms with van der Waals surface area (Å²) in [5.74, 6) is -0.857. The van der Waals surface area contributed by atoms with Crippen LogP contribution in [0, 0.1) is 0 Å². The van der Waals surface area contributed by atoms with Crippen LogP contribution >= 0.6 is 34.8 Å². The third kappa shape index (κ3) is 3.25. The van der Waals surface area contributed by atoms with Gasteiger partial charge in [-0.15, -0.1) is 0 Å². The van der Waals surface area contributed by atoms with Crippen LogP contribution in [0.2, 0.25) is 10.0 Å². The summed E-state index contributed by atoms with van der Waals surface area (Å²) in [4.78, 5) is 25.7. The van der Waals surface area contributed by atoms with Crippen molar-refractivity contribution in [2.45, 2.75) is 26.2 Å². The summed E-state index contributed by atoms with van der Waals surface area (Å²) < 4.78 is 0. The van der Waals surface area contributed by atoms with Gasteiger partial charge in [-0.25, -0.2) is 0 Å². The van der Waals surface area contributed by atoms with Gasteiger partial charge in [-0.05, 0) is 18.6 Å². The van der Waals surface area contributed by atoms with Crippen LogP contribution in [0.4, 0.5) is 0 Å². The number of benzene rings is 1. The van der Waals surface area contributed by atoms with Gasteiger partial charge >= 0.3 is 0 Å². The molecule has 0 N–H and O–H groups in total. The van der Waals surface area contributed by atoms with E-state index in [1.807, 2.05) is 0 Å². The Hall–Kier alpha value is -1.03. The summed E-state index contributed by atoms with van der Waals surface area (Å²) in [6.07, 6.45) is 2.72. The van der Waals surface area contributed by atoms with Gasteiger partial charge < -0.3 is 0 Å². The van der Waals surface area contributed by atoms with Crippen LogP contribution in [-0.2, 0) is 9.59 Å². The van der Waals surface area contributed by atoms with Crippen LogP contribution in [0.1, 0.15) is 31.7 Å². The highest BCUT2D eigenvalue weighted by molar-refractivity contribution is 6.55. The quantitative estimate of drug-likeness (QED) is 0.581. The Balaban J connectivity index is 2.31. The standard InChI is InChI=1S/C15H14Cl3NO2/c1-2-3-4-7-19-14(20)12(13(18)15(19)21)10-6-5-9(16)8-11(10)17/h5-6,8H,2-4,7H2,1H3. The van der Waals surface area contributed by atoms with Crippen LogP contribution in [0.3, 0.4) is 0 Å². The molecule has 6 heteroatoms. The Morgan fingerprint density at radius 2 is 1.76 bits per heavy atom. The van der Waals surface area contributed by atoms with Gasteiger partial charge in [0.15, 0.2) is 0 Å². The third-order valence-corrected chi connectivity index (χ3v) is 4.20. The molecule has 0 saturated heterocycles. The number of unbranched alkanes of at least 4 members (excludes halogenated alkanes) is 2. The van der Waals surface area contributed by atoms with E-state index < -0.39 is 11.8 Å². The number of carbonyl (C=O) groups excluding carboxylic acids is 2. The van der Waals surface area contributed by atoms with Crippen molar-refractivity contribution in [1.82, 2.24) is 4.90 Å². The maximum Gasteiger partial charge on any atom is 0.273 e. The van der Waals surface area contributed by atoms with Crippen LogP contribution in [0.5, 0.6) is 0 Å². The average Bonchev–Trinajstić information content (AvgIpc) is 2.64. The van der Waals surface area contributed by atoms with Crippen molar-refractivity contribution < 1.29 is 9.59 Å². The fourth-order valence-electron chi connectivity index (χ4n) is 2.20. The molecule has 2 amide bonds. The summed E-state index contributed by atoms with van der Waals surface area (Å²) in [6, 6.07) is 4.73. The zero-order valence-corrected chi connectivity index (χ0v) is 13.7. The second-order valence-electron chi connectivity index (χ2n) is 4.78. The number of amides is 2. The number of nitrogens with zero attached hydrogens (tertiary/aromatic N) is 1. The zero-order chi connectivity index (χ0) is 15.6. The Morgan fingerprint density at radius 1 is 1.05 bits per heavy atom. The van der Waals surface area contributed by atoms with Gasteiger partial charge in [0, 0.05) is 17.1 Å². The molecule has 1 aromatic rings. The minimum atomic E-state index is -0.459. The van der Waals surface area contributed by atoms with E-state index in [-0.39, 0.29) is 10.6 Å². The lowest BCUT2D eigenvalue weighted by molar-refractivity contribution is -0.136. The zero-order valence-electron chi connectivity index (χ0n) is 11.5. The van der Waals surface area contributed by atoms with Crippen molar-refractivity contribution in [3.8, 4) is 0 Å². The van der Waals surface area contributed by atoms with Gasteiger partial charge in [-0.1, -0.05) is 60.6 Å². The van der Waals surface area contributed by atoms with E-state index in [9.17, 15) is 9.59 Å². The van der Waals surface area contributed by atoms with Gasteiger partial charge in [0.1, 0.15) is 5.03 Å². The molecule has 0 saturated carbocycles. The molecule has 0 radical (unpaired) electrons. The smallest absolute Gasteiger partial charge is 0.273 e. The molecule has 0 atom stereocenters. The molecule has 0 fully saturated rings. The number of carbonyl (C=O) groups is 2. The lowest BCUT2D eigenvalue weighted by atomic mass is 10.1. The molecular weight excluding hydrogens is 333 g/mol. The molecule has 1 aliphatic heterocycles. The van der Waals surface area contributed by atoms with E-state index >= 15 is 0 Å². The molecule has 3 nitrogen and oxygen atoms in total. The maximum atomic E-state index is 12.4. The first-order valence-corrected chi connectivity index (χ1v) is 7.82. The molecule has 2 rings (SSSR count). The molecule has 21 heavy (non-hydrogen) atoms. The largest absolute Gasteiger partial charge is 0.274 e. The lowest BCUT2D eigenvalue weighted by Gasteiger charge is -2.14. The van der Waals surface area contributed by atoms with Gasteiger partial charge in [0.25, 0.3) is 11.8 Å². The average molecular weight is 347 g/mol. The molecule has 0 aromatic heterocycles. The van der Waals surface area contributed by atoms with Crippen LogP contribution in [0.15, 0.2) is 23.2 Å². The predicted octanol–water partition coefficient (Wildman–Crippen LogP) is 4.50. The molecule has 0 bridgehead atoms. The fourth-order valence-corrected chi connectivity index (χ4v) is 2.98. The second kappa shape index (κ2) is 6.82. The summed E-state index contributed by atoms with van der Waals surface area (Å²) in [5.41, 5.74) is 0.585. The monoisotopic (exact) mass is 345 g/mol. The third-order valence-electron chi connectivity index (χ3n) is 3.30. The van der Waals surface area contributed by atoms with Crippen molar-refractivity contribution in [2.24, 2.45) is 0 Å². The predicted molar refractivity (Wildman–Crippen MR) is 85.5 cm³/mol. The highest BCUT2D eigenvalue weighted by atomic mass is 35.5. The van der Waals surface area contributed by atoms with Gasteiger partial charge in [-0.2, -0.15) is 0 Å². The molecule has 0 aliphatic carbocycles. The summed E-state index contributed by atoms with van der Waals surface area (Å²) >= 11 is 18.0. The number of hydrogen-bond acceptors (Lipinski definition) is 2. The van der Waals surface area contributed by atoms with E-state index in [1.165, 1.54) is 11.0 Å². The second-order valence-corrected chi connectivity index (χ2v) is 6.00.